The van der Waals surface area contributed by atoms with Crippen LogP contribution in [0.4, 0.5) is 0 Å². The molecule has 80 valence electrons. The lowest BCUT2D eigenvalue weighted by Gasteiger charge is -1.92. The zero-order valence-electron chi connectivity index (χ0n) is 7.82. The Morgan fingerprint density at radius 1 is 1.44 bits per heavy atom. The van der Waals surface area contributed by atoms with Gasteiger partial charge in [0, 0.05) is 22.3 Å². The van der Waals surface area contributed by atoms with E-state index in [2.05, 4.69) is 36.1 Å². The second kappa shape index (κ2) is 3.31. The predicted molar refractivity (Wildman–Crippen MR) is 59.9 cm³/mol. The van der Waals surface area contributed by atoms with E-state index in [1.165, 1.54) is 0 Å². The topological polar surface area (TPSA) is 87.6 Å². The summed E-state index contributed by atoms with van der Waals surface area (Å²) >= 11 is 3.33. The van der Waals surface area contributed by atoms with Gasteiger partial charge in [-0.25, -0.2) is 14.9 Å². The normalized spacial score (nSPS) is 11.1. The SMILES string of the molecule is O=c1[nH]nc(-c2c[nH]c3ncc(Br)cc23)o1. The third-order valence-electron chi connectivity index (χ3n) is 2.17. The lowest BCUT2D eigenvalue weighted by atomic mass is 10.2. The summed E-state index contributed by atoms with van der Waals surface area (Å²) in [5.41, 5.74) is 1.41. The standard InChI is InChI=1S/C9H5BrN4O2/c10-4-1-5-6(3-12-7(5)11-2-4)8-13-14-9(15)16-8/h1-3H,(H,11,12)(H,14,15). The molecule has 0 radical (unpaired) electrons. The Balaban J connectivity index is 2.31. The molecule has 0 aliphatic heterocycles. The molecule has 3 heterocycles. The van der Waals surface area contributed by atoms with Crippen molar-refractivity contribution in [2.45, 2.75) is 0 Å². The second-order valence-electron chi connectivity index (χ2n) is 3.17. The minimum atomic E-state index is -0.577. The van der Waals surface area contributed by atoms with Crippen LogP contribution in [0.5, 0.6) is 0 Å². The summed E-state index contributed by atoms with van der Waals surface area (Å²) in [7, 11) is 0. The maximum Gasteiger partial charge on any atom is 0.434 e. The van der Waals surface area contributed by atoms with E-state index >= 15 is 0 Å². The molecule has 0 amide bonds. The van der Waals surface area contributed by atoms with Crippen molar-refractivity contribution in [3.05, 3.63) is 33.5 Å². The van der Waals surface area contributed by atoms with Crippen LogP contribution < -0.4 is 5.76 Å². The number of aromatic nitrogens is 4. The number of pyridine rings is 1. The van der Waals surface area contributed by atoms with Crippen LogP contribution in [0.1, 0.15) is 0 Å². The fourth-order valence-corrected chi connectivity index (χ4v) is 1.83. The van der Waals surface area contributed by atoms with Crippen molar-refractivity contribution in [2.75, 3.05) is 0 Å². The Morgan fingerprint density at radius 2 is 2.31 bits per heavy atom. The molecule has 3 rings (SSSR count). The summed E-state index contributed by atoms with van der Waals surface area (Å²) in [6, 6.07) is 1.88. The minimum Gasteiger partial charge on any atom is -0.388 e. The summed E-state index contributed by atoms with van der Waals surface area (Å²) in [4.78, 5) is 18.0. The van der Waals surface area contributed by atoms with E-state index in [4.69, 9.17) is 4.42 Å². The number of hydrogen-bond acceptors (Lipinski definition) is 4. The number of rotatable bonds is 1. The first-order valence-corrected chi connectivity index (χ1v) is 5.22. The molecule has 16 heavy (non-hydrogen) atoms. The highest BCUT2D eigenvalue weighted by Crippen LogP contribution is 2.27. The lowest BCUT2D eigenvalue weighted by molar-refractivity contribution is 0.527. The first kappa shape index (κ1) is 9.34. The third-order valence-corrected chi connectivity index (χ3v) is 2.60. The maximum absolute atomic E-state index is 10.9. The van der Waals surface area contributed by atoms with Crippen LogP contribution in [0.25, 0.3) is 22.5 Å². The van der Waals surface area contributed by atoms with Crippen LogP contribution in [-0.4, -0.2) is 20.2 Å². The molecule has 0 fully saturated rings. The quantitative estimate of drug-likeness (QED) is 0.710. The first-order valence-electron chi connectivity index (χ1n) is 4.42. The fourth-order valence-electron chi connectivity index (χ4n) is 1.50. The van der Waals surface area contributed by atoms with Crippen LogP contribution in [-0.2, 0) is 0 Å². The summed E-state index contributed by atoms with van der Waals surface area (Å²) in [6.07, 6.45) is 3.38. The molecule has 0 spiro atoms. The number of fused-ring (bicyclic) bond motifs is 1. The molecular formula is C9H5BrN4O2. The number of hydrogen-bond donors (Lipinski definition) is 2. The molecule has 3 aromatic heterocycles. The van der Waals surface area contributed by atoms with E-state index in [1.807, 2.05) is 6.07 Å². The summed E-state index contributed by atoms with van der Waals surface area (Å²) in [6.45, 7) is 0. The molecule has 0 unspecified atom stereocenters. The highest BCUT2D eigenvalue weighted by molar-refractivity contribution is 9.10. The predicted octanol–water partition coefficient (Wildman–Crippen LogP) is 1.67. The van der Waals surface area contributed by atoms with Gasteiger partial charge in [0.1, 0.15) is 5.65 Å². The van der Waals surface area contributed by atoms with Gasteiger partial charge in [-0.3, -0.25) is 0 Å². The van der Waals surface area contributed by atoms with Gasteiger partial charge >= 0.3 is 5.76 Å². The molecule has 3 aromatic rings. The molecule has 0 saturated heterocycles. The Labute approximate surface area is 96.8 Å². The summed E-state index contributed by atoms with van der Waals surface area (Å²) in [5, 5.41) is 6.83. The van der Waals surface area contributed by atoms with Crippen LogP contribution in [0.2, 0.25) is 0 Å². The molecule has 0 atom stereocenters. The molecule has 0 aromatic carbocycles. The Morgan fingerprint density at radius 3 is 3.06 bits per heavy atom. The zero-order valence-corrected chi connectivity index (χ0v) is 9.41. The summed E-state index contributed by atoms with van der Waals surface area (Å²) in [5.74, 6) is -0.330. The second-order valence-corrected chi connectivity index (χ2v) is 4.09. The number of halogens is 1. The number of aromatic amines is 2. The van der Waals surface area contributed by atoms with Crippen molar-refractivity contribution in [1.29, 1.82) is 0 Å². The van der Waals surface area contributed by atoms with E-state index in [0.717, 1.165) is 9.86 Å². The van der Waals surface area contributed by atoms with Gasteiger partial charge in [0.2, 0.25) is 0 Å². The van der Waals surface area contributed by atoms with Crippen molar-refractivity contribution >= 4 is 27.0 Å². The largest absolute Gasteiger partial charge is 0.434 e. The zero-order chi connectivity index (χ0) is 11.1. The number of nitrogens with one attached hydrogen (secondary N) is 2. The smallest absolute Gasteiger partial charge is 0.388 e. The van der Waals surface area contributed by atoms with E-state index < -0.39 is 5.76 Å². The monoisotopic (exact) mass is 280 g/mol. The Kier molecular flexibility index (Phi) is 1.93. The van der Waals surface area contributed by atoms with Gasteiger partial charge < -0.3 is 9.40 Å². The minimum absolute atomic E-state index is 0.246. The van der Waals surface area contributed by atoms with Gasteiger partial charge in [-0.1, -0.05) is 0 Å². The highest BCUT2D eigenvalue weighted by Gasteiger charge is 2.12. The Hall–Kier alpha value is -1.89. The molecule has 2 N–H and O–H groups in total. The molecule has 0 aliphatic rings. The lowest BCUT2D eigenvalue weighted by Crippen LogP contribution is -1.93. The number of H-pyrrole nitrogens is 2. The van der Waals surface area contributed by atoms with Crippen molar-refractivity contribution in [3.8, 4) is 11.5 Å². The van der Waals surface area contributed by atoms with E-state index in [-0.39, 0.29) is 5.89 Å². The van der Waals surface area contributed by atoms with Crippen molar-refractivity contribution in [1.82, 2.24) is 20.2 Å². The van der Waals surface area contributed by atoms with Crippen LogP contribution in [0, 0.1) is 0 Å². The number of nitrogens with zero attached hydrogens (tertiary/aromatic N) is 2. The van der Waals surface area contributed by atoms with Crippen molar-refractivity contribution in [2.24, 2.45) is 0 Å². The van der Waals surface area contributed by atoms with Crippen molar-refractivity contribution in [3.63, 3.8) is 0 Å². The van der Waals surface area contributed by atoms with Gasteiger partial charge in [0.15, 0.2) is 0 Å². The first-order chi connectivity index (χ1) is 7.74. The van der Waals surface area contributed by atoms with Gasteiger partial charge in [0.05, 0.1) is 5.56 Å². The van der Waals surface area contributed by atoms with Gasteiger partial charge in [-0.05, 0) is 22.0 Å². The highest BCUT2D eigenvalue weighted by atomic mass is 79.9. The fraction of sp³-hybridized carbons (Fsp3) is 0. The molecule has 0 bridgehead atoms. The van der Waals surface area contributed by atoms with E-state index in [1.54, 1.807) is 12.4 Å². The van der Waals surface area contributed by atoms with Crippen LogP contribution in [0.3, 0.4) is 0 Å². The average Bonchev–Trinajstić information content (AvgIpc) is 2.83. The molecule has 0 saturated carbocycles. The van der Waals surface area contributed by atoms with Gasteiger partial charge in [0.25, 0.3) is 5.89 Å². The molecule has 0 aliphatic carbocycles. The van der Waals surface area contributed by atoms with Crippen molar-refractivity contribution < 1.29 is 4.42 Å². The van der Waals surface area contributed by atoms with Crippen LogP contribution in [0.15, 0.2) is 32.1 Å². The molecular weight excluding hydrogens is 276 g/mol. The van der Waals surface area contributed by atoms with E-state index in [9.17, 15) is 4.79 Å². The third kappa shape index (κ3) is 1.36. The molecule has 7 heteroatoms. The van der Waals surface area contributed by atoms with E-state index in [0.29, 0.717) is 11.2 Å². The molecule has 6 nitrogen and oxygen atoms in total. The summed E-state index contributed by atoms with van der Waals surface area (Å²) < 4.78 is 5.74. The van der Waals surface area contributed by atoms with Crippen LogP contribution >= 0.6 is 15.9 Å². The average molecular weight is 281 g/mol. The Bertz CT molecular complexity index is 711. The maximum atomic E-state index is 10.9. The van der Waals surface area contributed by atoms with Gasteiger partial charge in [-0.2, -0.15) is 0 Å². The van der Waals surface area contributed by atoms with Gasteiger partial charge in [-0.15, -0.1) is 5.10 Å².